The molecular weight excluding hydrogens is 258 g/mol. The molecule has 20 heavy (non-hydrogen) atoms. The molecule has 0 aromatic carbocycles. The second-order valence-corrected chi connectivity index (χ2v) is 5.24. The van der Waals surface area contributed by atoms with Crippen LogP contribution in [-0.2, 0) is 16.6 Å². The SMILES string of the molecule is COC(=O)CCN(CC(C)C)C(=O)c1cc(N)cn1C. The van der Waals surface area contributed by atoms with Crippen LogP contribution in [0.5, 0.6) is 0 Å². The van der Waals surface area contributed by atoms with Crippen molar-refractivity contribution in [2.75, 3.05) is 25.9 Å². The summed E-state index contributed by atoms with van der Waals surface area (Å²) in [5.41, 5.74) is 6.77. The number of carbonyl (C=O) groups excluding carboxylic acids is 2. The molecule has 2 N–H and O–H groups in total. The number of nitrogens with zero attached hydrogens (tertiary/aromatic N) is 2. The van der Waals surface area contributed by atoms with E-state index in [2.05, 4.69) is 4.74 Å². The minimum Gasteiger partial charge on any atom is -0.469 e. The summed E-state index contributed by atoms with van der Waals surface area (Å²) < 4.78 is 6.31. The fourth-order valence-electron chi connectivity index (χ4n) is 2.01. The lowest BCUT2D eigenvalue weighted by Gasteiger charge is -2.24. The number of esters is 1. The minimum atomic E-state index is -0.321. The van der Waals surface area contributed by atoms with Gasteiger partial charge in [-0.25, -0.2) is 0 Å². The van der Waals surface area contributed by atoms with Crippen LogP contribution in [0.15, 0.2) is 12.3 Å². The molecule has 0 atom stereocenters. The molecule has 0 saturated carbocycles. The molecule has 1 aromatic heterocycles. The number of anilines is 1. The molecule has 0 aliphatic rings. The van der Waals surface area contributed by atoms with Crippen LogP contribution < -0.4 is 5.73 Å². The van der Waals surface area contributed by atoms with Gasteiger partial charge in [-0.15, -0.1) is 0 Å². The molecule has 0 bridgehead atoms. The average molecular weight is 281 g/mol. The maximum atomic E-state index is 12.5. The zero-order valence-electron chi connectivity index (χ0n) is 12.5. The quantitative estimate of drug-likeness (QED) is 0.796. The van der Waals surface area contributed by atoms with Crippen molar-refractivity contribution in [1.82, 2.24) is 9.47 Å². The number of rotatable bonds is 6. The summed E-state index contributed by atoms with van der Waals surface area (Å²) in [6, 6.07) is 1.65. The summed E-state index contributed by atoms with van der Waals surface area (Å²) in [5, 5.41) is 0. The monoisotopic (exact) mass is 281 g/mol. The topological polar surface area (TPSA) is 77.6 Å². The van der Waals surface area contributed by atoms with Crippen molar-refractivity contribution in [2.24, 2.45) is 13.0 Å². The molecule has 1 amide bonds. The van der Waals surface area contributed by atoms with Crippen molar-refractivity contribution in [1.29, 1.82) is 0 Å². The molecule has 0 spiro atoms. The first kappa shape index (κ1) is 16.1. The standard InChI is InChI=1S/C14H23N3O3/c1-10(2)8-17(6-5-13(18)20-4)14(19)12-7-11(15)9-16(12)3/h7,9-10H,5-6,8,15H2,1-4H3. The zero-order valence-corrected chi connectivity index (χ0v) is 12.5. The van der Waals surface area contributed by atoms with Gasteiger partial charge in [0, 0.05) is 26.3 Å². The number of ether oxygens (including phenoxy) is 1. The first-order chi connectivity index (χ1) is 9.35. The number of methoxy groups -OCH3 is 1. The lowest BCUT2D eigenvalue weighted by atomic mass is 10.2. The van der Waals surface area contributed by atoms with Crippen molar-refractivity contribution >= 4 is 17.6 Å². The van der Waals surface area contributed by atoms with E-state index in [1.54, 1.807) is 28.8 Å². The minimum absolute atomic E-state index is 0.123. The Morgan fingerprint density at radius 1 is 1.45 bits per heavy atom. The normalized spacial score (nSPS) is 10.7. The van der Waals surface area contributed by atoms with Crippen molar-refractivity contribution in [3.05, 3.63) is 18.0 Å². The molecule has 0 unspecified atom stereocenters. The first-order valence-electron chi connectivity index (χ1n) is 6.63. The Bertz CT molecular complexity index is 480. The summed E-state index contributed by atoms with van der Waals surface area (Å²) >= 11 is 0. The Morgan fingerprint density at radius 2 is 2.10 bits per heavy atom. The predicted octanol–water partition coefficient (Wildman–Crippen LogP) is 1.27. The fraction of sp³-hybridized carbons (Fsp3) is 0.571. The maximum Gasteiger partial charge on any atom is 0.307 e. The smallest absolute Gasteiger partial charge is 0.307 e. The third-order valence-corrected chi connectivity index (χ3v) is 2.93. The van der Waals surface area contributed by atoms with Gasteiger partial charge in [-0.05, 0) is 12.0 Å². The van der Waals surface area contributed by atoms with E-state index in [1.807, 2.05) is 13.8 Å². The lowest BCUT2D eigenvalue weighted by Crippen LogP contribution is -2.37. The Kier molecular flexibility index (Phi) is 5.61. The highest BCUT2D eigenvalue weighted by molar-refractivity contribution is 5.94. The van der Waals surface area contributed by atoms with Gasteiger partial charge < -0.3 is 19.9 Å². The summed E-state index contributed by atoms with van der Waals surface area (Å²) in [6.45, 7) is 4.98. The number of amides is 1. The maximum absolute atomic E-state index is 12.5. The third kappa shape index (κ3) is 4.29. The van der Waals surface area contributed by atoms with Crippen LogP contribution in [0.3, 0.4) is 0 Å². The van der Waals surface area contributed by atoms with Crippen LogP contribution >= 0.6 is 0 Å². The molecule has 112 valence electrons. The van der Waals surface area contributed by atoms with Gasteiger partial charge in [-0.1, -0.05) is 13.8 Å². The van der Waals surface area contributed by atoms with Crippen molar-refractivity contribution in [2.45, 2.75) is 20.3 Å². The molecule has 0 aliphatic carbocycles. The first-order valence-corrected chi connectivity index (χ1v) is 6.63. The van der Waals surface area contributed by atoms with Gasteiger partial charge in [0.05, 0.1) is 19.2 Å². The molecule has 0 fully saturated rings. The number of hydrogen-bond acceptors (Lipinski definition) is 4. The van der Waals surface area contributed by atoms with Crippen LogP contribution in [0.2, 0.25) is 0 Å². The molecule has 1 rings (SSSR count). The number of aromatic nitrogens is 1. The van der Waals surface area contributed by atoms with Gasteiger partial charge >= 0.3 is 5.97 Å². The van der Waals surface area contributed by atoms with Gasteiger partial charge in [-0.2, -0.15) is 0 Å². The Labute approximate surface area is 119 Å². The Morgan fingerprint density at radius 3 is 2.55 bits per heavy atom. The van der Waals surface area contributed by atoms with E-state index in [9.17, 15) is 9.59 Å². The molecule has 6 heteroatoms. The van der Waals surface area contributed by atoms with Crippen LogP contribution in [0.25, 0.3) is 0 Å². The number of hydrogen-bond donors (Lipinski definition) is 1. The summed E-state index contributed by atoms with van der Waals surface area (Å²) in [6.07, 6.45) is 1.88. The van der Waals surface area contributed by atoms with Gasteiger partial charge in [0.1, 0.15) is 5.69 Å². The van der Waals surface area contributed by atoms with Crippen molar-refractivity contribution < 1.29 is 14.3 Å². The summed E-state index contributed by atoms with van der Waals surface area (Å²) in [5.74, 6) is -0.131. The van der Waals surface area contributed by atoms with E-state index in [4.69, 9.17) is 5.73 Å². The van der Waals surface area contributed by atoms with Crippen molar-refractivity contribution in [3.8, 4) is 0 Å². The van der Waals surface area contributed by atoms with Crippen molar-refractivity contribution in [3.63, 3.8) is 0 Å². The van der Waals surface area contributed by atoms with Crippen LogP contribution in [0.4, 0.5) is 5.69 Å². The lowest BCUT2D eigenvalue weighted by molar-refractivity contribution is -0.140. The number of nitrogens with two attached hydrogens (primary N) is 1. The second kappa shape index (κ2) is 6.98. The van der Waals surface area contributed by atoms with E-state index >= 15 is 0 Å². The average Bonchev–Trinajstić information content (AvgIpc) is 2.71. The highest BCUT2D eigenvalue weighted by atomic mass is 16.5. The zero-order chi connectivity index (χ0) is 15.3. The van der Waals surface area contributed by atoms with Gasteiger partial charge in [0.2, 0.25) is 0 Å². The fourth-order valence-corrected chi connectivity index (χ4v) is 2.01. The van der Waals surface area contributed by atoms with Gasteiger partial charge in [0.15, 0.2) is 0 Å². The molecule has 0 radical (unpaired) electrons. The van der Waals surface area contributed by atoms with Gasteiger partial charge in [-0.3, -0.25) is 9.59 Å². The van der Waals surface area contributed by atoms with E-state index in [0.717, 1.165) is 0 Å². The number of carbonyl (C=O) groups is 2. The third-order valence-electron chi connectivity index (χ3n) is 2.93. The van der Waals surface area contributed by atoms with Gasteiger partial charge in [0.25, 0.3) is 5.91 Å². The van der Waals surface area contributed by atoms with E-state index in [0.29, 0.717) is 30.4 Å². The Balaban J connectivity index is 2.84. The van der Waals surface area contributed by atoms with Crippen LogP contribution in [0, 0.1) is 5.92 Å². The van der Waals surface area contributed by atoms with E-state index in [1.165, 1.54) is 7.11 Å². The molecule has 1 heterocycles. The number of nitrogen functional groups attached to an aromatic ring is 1. The molecule has 1 aromatic rings. The predicted molar refractivity (Wildman–Crippen MR) is 77.2 cm³/mol. The summed E-state index contributed by atoms with van der Waals surface area (Å²) in [4.78, 5) is 25.4. The van der Waals surface area contributed by atoms with Crippen LogP contribution in [-0.4, -0.2) is 41.5 Å². The molecule has 0 aliphatic heterocycles. The molecular formula is C14H23N3O3. The number of aryl methyl sites for hydroxylation is 1. The summed E-state index contributed by atoms with van der Waals surface area (Å²) in [7, 11) is 3.12. The van der Waals surface area contributed by atoms with E-state index in [-0.39, 0.29) is 18.3 Å². The largest absolute Gasteiger partial charge is 0.469 e. The molecule has 0 saturated heterocycles. The highest BCUT2D eigenvalue weighted by Gasteiger charge is 2.20. The van der Waals surface area contributed by atoms with E-state index < -0.39 is 0 Å². The molecule has 6 nitrogen and oxygen atoms in total. The van der Waals surface area contributed by atoms with Crippen LogP contribution in [0.1, 0.15) is 30.8 Å². The Hall–Kier alpha value is -1.98. The second-order valence-electron chi connectivity index (χ2n) is 5.24. The highest BCUT2D eigenvalue weighted by Crippen LogP contribution is 2.13.